The number of hydrogen-bond donors (Lipinski definition) is 3. The van der Waals surface area contributed by atoms with Crippen LogP contribution < -0.4 is 10.8 Å². The molecule has 1 rings (SSSR count). The van der Waals surface area contributed by atoms with Gasteiger partial charge in [-0.1, -0.05) is 0 Å². The largest absolute Gasteiger partial charge is 0.369 e. The number of nitrogens with zero attached hydrogens (tertiary/aromatic N) is 2. The summed E-state index contributed by atoms with van der Waals surface area (Å²) in [5.74, 6) is 1.53. The molecule has 0 aromatic rings. The van der Waals surface area contributed by atoms with E-state index in [1.54, 1.807) is 7.05 Å². The molecule has 0 saturated heterocycles. The quantitative estimate of drug-likeness (QED) is 0.305. The van der Waals surface area contributed by atoms with Crippen molar-refractivity contribution in [3.8, 4) is 0 Å². The van der Waals surface area contributed by atoms with Crippen molar-refractivity contribution < 1.29 is 5.21 Å². The summed E-state index contributed by atoms with van der Waals surface area (Å²) in [6.45, 7) is 2.68. The molecule has 5 nitrogen and oxygen atoms in total. The Bertz CT molecular complexity index is 211. The number of rotatable bonds is 2. The van der Waals surface area contributed by atoms with Gasteiger partial charge in [-0.3, -0.25) is 20.7 Å². The fourth-order valence-electron chi connectivity index (χ4n) is 1.17. The van der Waals surface area contributed by atoms with Crippen LogP contribution in [0, 0.1) is 0 Å². The number of hydrogen-bond acceptors (Lipinski definition) is 4. The molecule has 0 amide bonds. The highest BCUT2D eigenvalue weighted by atomic mass is 16.5. The van der Waals surface area contributed by atoms with Gasteiger partial charge in [0.05, 0.1) is 18.4 Å². The van der Waals surface area contributed by atoms with Crippen LogP contribution in [0.25, 0.3) is 0 Å². The molecule has 12 heavy (non-hydrogen) atoms. The zero-order valence-corrected chi connectivity index (χ0v) is 7.33. The molecule has 0 aliphatic carbocycles. The molecule has 68 valence electrons. The van der Waals surface area contributed by atoms with E-state index in [2.05, 4.69) is 20.8 Å². The van der Waals surface area contributed by atoms with Gasteiger partial charge in [-0.25, -0.2) is 0 Å². The van der Waals surface area contributed by atoms with Crippen molar-refractivity contribution >= 4 is 11.7 Å². The molecule has 0 aromatic heterocycles. The lowest BCUT2D eigenvalue weighted by Gasteiger charge is -2.10. The van der Waals surface area contributed by atoms with Crippen LogP contribution in [-0.2, 0) is 0 Å². The molecule has 5 heteroatoms. The van der Waals surface area contributed by atoms with E-state index in [4.69, 9.17) is 5.21 Å². The van der Waals surface area contributed by atoms with E-state index in [-0.39, 0.29) is 6.04 Å². The molecule has 1 aliphatic rings. The molecule has 0 saturated carbocycles. The highest BCUT2D eigenvalue weighted by molar-refractivity contribution is 5.85. The first kappa shape index (κ1) is 8.99. The first-order valence-corrected chi connectivity index (χ1v) is 3.89. The lowest BCUT2D eigenvalue weighted by atomic mass is 10.2. The smallest absolute Gasteiger partial charge is 0.122 e. The van der Waals surface area contributed by atoms with Crippen molar-refractivity contribution in [1.29, 1.82) is 0 Å². The average Bonchev–Trinajstić information content (AvgIpc) is 2.47. The van der Waals surface area contributed by atoms with Crippen molar-refractivity contribution in [2.75, 3.05) is 13.6 Å². The molecule has 3 N–H and O–H groups in total. The van der Waals surface area contributed by atoms with Crippen LogP contribution in [0.3, 0.4) is 0 Å². The maximum atomic E-state index is 8.61. The molecule has 0 spiro atoms. The van der Waals surface area contributed by atoms with E-state index in [0.717, 1.165) is 12.4 Å². The molecule has 0 radical (unpaired) electrons. The van der Waals surface area contributed by atoms with Gasteiger partial charge in [0.15, 0.2) is 0 Å². The Hall–Kier alpha value is -1.10. The summed E-state index contributed by atoms with van der Waals surface area (Å²) in [5.41, 5.74) is 2.05. The van der Waals surface area contributed by atoms with Gasteiger partial charge < -0.3 is 5.32 Å². The fraction of sp³-hybridized carbons (Fsp3) is 0.714. The molecule has 1 atom stereocenters. The third kappa shape index (κ3) is 2.20. The molecular formula is C7H14N4O. The SMILES string of the molecule is CN=C(CC1CN=C(C)N1)NO. The molecular weight excluding hydrogens is 156 g/mol. The third-order valence-corrected chi connectivity index (χ3v) is 1.80. The van der Waals surface area contributed by atoms with E-state index >= 15 is 0 Å². The molecule has 0 aromatic carbocycles. The maximum absolute atomic E-state index is 8.61. The molecule has 1 unspecified atom stereocenters. The monoisotopic (exact) mass is 170 g/mol. The Morgan fingerprint density at radius 2 is 2.67 bits per heavy atom. The molecule has 0 fully saturated rings. The number of hydroxylamine groups is 1. The summed E-state index contributed by atoms with van der Waals surface area (Å²) >= 11 is 0. The number of aliphatic imine (C=N–C) groups is 2. The predicted octanol–water partition coefficient (Wildman–Crippen LogP) is -0.226. The Morgan fingerprint density at radius 1 is 1.92 bits per heavy atom. The normalized spacial score (nSPS) is 23.4. The van der Waals surface area contributed by atoms with Crippen LogP contribution in [0.4, 0.5) is 0 Å². The highest BCUT2D eigenvalue weighted by Crippen LogP contribution is 2.00. The van der Waals surface area contributed by atoms with Gasteiger partial charge >= 0.3 is 0 Å². The second kappa shape index (κ2) is 4.06. The summed E-state index contributed by atoms with van der Waals surface area (Å²) in [7, 11) is 1.64. The molecule has 1 aliphatic heterocycles. The summed E-state index contributed by atoms with van der Waals surface area (Å²) in [5, 5.41) is 11.8. The summed E-state index contributed by atoms with van der Waals surface area (Å²) in [6.07, 6.45) is 0.674. The fourth-order valence-corrected chi connectivity index (χ4v) is 1.17. The zero-order valence-electron chi connectivity index (χ0n) is 7.33. The van der Waals surface area contributed by atoms with Crippen LogP contribution in [0.1, 0.15) is 13.3 Å². The molecule has 0 bridgehead atoms. The van der Waals surface area contributed by atoms with Gasteiger partial charge in [-0.15, -0.1) is 0 Å². The Balaban J connectivity index is 2.34. The second-order valence-corrected chi connectivity index (χ2v) is 2.75. The average molecular weight is 170 g/mol. The maximum Gasteiger partial charge on any atom is 0.122 e. The zero-order chi connectivity index (χ0) is 8.97. The van der Waals surface area contributed by atoms with Gasteiger partial charge in [0, 0.05) is 13.5 Å². The van der Waals surface area contributed by atoms with Crippen LogP contribution in [-0.4, -0.2) is 36.5 Å². The van der Waals surface area contributed by atoms with Crippen molar-refractivity contribution in [3.05, 3.63) is 0 Å². The van der Waals surface area contributed by atoms with Crippen LogP contribution in [0.5, 0.6) is 0 Å². The summed E-state index contributed by atoms with van der Waals surface area (Å²) < 4.78 is 0. The summed E-state index contributed by atoms with van der Waals surface area (Å²) in [6, 6.07) is 0.267. The number of nitrogens with one attached hydrogen (secondary N) is 2. The van der Waals surface area contributed by atoms with Crippen LogP contribution in [0.2, 0.25) is 0 Å². The van der Waals surface area contributed by atoms with Gasteiger partial charge in [-0.05, 0) is 6.92 Å². The van der Waals surface area contributed by atoms with Crippen LogP contribution in [0.15, 0.2) is 9.98 Å². The van der Waals surface area contributed by atoms with E-state index in [9.17, 15) is 0 Å². The second-order valence-electron chi connectivity index (χ2n) is 2.75. The highest BCUT2D eigenvalue weighted by Gasteiger charge is 2.15. The lowest BCUT2D eigenvalue weighted by Crippen LogP contribution is -2.34. The van der Waals surface area contributed by atoms with Gasteiger partial charge in [0.2, 0.25) is 0 Å². The minimum absolute atomic E-state index is 0.267. The first-order chi connectivity index (χ1) is 5.76. The van der Waals surface area contributed by atoms with E-state index in [0.29, 0.717) is 12.3 Å². The lowest BCUT2D eigenvalue weighted by molar-refractivity contribution is 0.230. The van der Waals surface area contributed by atoms with Crippen molar-refractivity contribution in [2.24, 2.45) is 9.98 Å². The Labute approximate surface area is 71.6 Å². The van der Waals surface area contributed by atoms with Crippen LogP contribution >= 0.6 is 0 Å². The van der Waals surface area contributed by atoms with Crippen molar-refractivity contribution in [3.63, 3.8) is 0 Å². The Kier molecular flexibility index (Phi) is 3.04. The van der Waals surface area contributed by atoms with Gasteiger partial charge in [-0.2, -0.15) is 0 Å². The minimum Gasteiger partial charge on any atom is -0.369 e. The standard InChI is InChI=1S/C7H14N4O/c1-5-9-4-6(10-5)3-7(8-2)11-12/h6,12H,3-4H2,1-2H3,(H,8,11)(H,9,10). The van der Waals surface area contributed by atoms with Crippen molar-refractivity contribution in [1.82, 2.24) is 10.8 Å². The van der Waals surface area contributed by atoms with E-state index < -0.39 is 0 Å². The Morgan fingerprint density at radius 3 is 3.08 bits per heavy atom. The van der Waals surface area contributed by atoms with Crippen molar-refractivity contribution in [2.45, 2.75) is 19.4 Å². The third-order valence-electron chi connectivity index (χ3n) is 1.80. The minimum atomic E-state index is 0.267. The first-order valence-electron chi connectivity index (χ1n) is 3.89. The summed E-state index contributed by atoms with van der Waals surface area (Å²) in [4.78, 5) is 8.04. The van der Waals surface area contributed by atoms with Gasteiger partial charge in [0.25, 0.3) is 0 Å². The van der Waals surface area contributed by atoms with E-state index in [1.807, 2.05) is 6.92 Å². The van der Waals surface area contributed by atoms with E-state index in [1.165, 1.54) is 0 Å². The number of amidine groups is 2. The predicted molar refractivity (Wildman–Crippen MR) is 47.8 cm³/mol. The topological polar surface area (TPSA) is 69.0 Å². The molecule has 1 heterocycles. The van der Waals surface area contributed by atoms with Gasteiger partial charge in [0.1, 0.15) is 5.84 Å².